The van der Waals surface area contributed by atoms with E-state index in [4.69, 9.17) is 13.3 Å². The minimum absolute atomic E-state index is 0.225. The van der Waals surface area contributed by atoms with Crippen LogP contribution in [0.25, 0.3) is 32.7 Å². The Morgan fingerprint density at radius 2 is 0.791 bits per heavy atom. The zero-order chi connectivity index (χ0) is 30.6. The van der Waals surface area contributed by atoms with Gasteiger partial charge in [-0.2, -0.15) is 0 Å². The van der Waals surface area contributed by atoms with Crippen LogP contribution in [-0.4, -0.2) is 0 Å². The summed E-state index contributed by atoms with van der Waals surface area (Å²) in [5.41, 5.74) is 0.843. The molecule has 0 amide bonds. The van der Waals surface area contributed by atoms with Crippen LogP contribution in [0.1, 0.15) is 128 Å². The highest BCUT2D eigenvalue weighted by Crippen LogP contribution is 2.36. The summed E-state index contributed by atoms with van der Waals surface area (Å²) in [5, 5.41) is 2.99. The molecule has 0 aliphatic heterocycles. The summed E-state index contributed by atoms with van der Waals surface area (Å²) >= 11 is 0. The standard InChI is InChI=1S/C36H46O7/c1-3-5-7-9-11-13-15-17-19-27-29-21-25-23-31(37)32(38)24-26(25)22-30(29)28(20-18-16-14-12-10-8-6-4-2)34-33(27)41-35(39)43-36(40)42-34/h21-24H,3-20H2,1-2H3. The van der Waals surface area contributed by atoms with E-state index in [2.05, 4.69) is 13.8 Å². The third-order valence-corrected chi connectivity index (χ3v) is 8.54. The zero-order valence-electron chi connectivity index (χ0n) is 25.9. The zero-order valence-corrected chi connectivity index (χ0v) is 25.9. The fourth-order valence-corrected chi connectivity index (χ4v) is 6.19. The molecule has 0 N–H and O–H groups in total. The van der Waals surface area contributed by atoms with Crippen molar-refractivity contribution >= 4 is 32.7 Å². The van der Waals surface area contributed by atoms with Gasteiger partial charge in [0.05, 0.1) is 0 Å². The maximum absolute atomic E-state index is 12.4. The van der Waals surface area contributed by atoms with Gasteiger partial charge in [0, 0.05) is 11.1 Å². The fraction of sp³-hybridized carbons (Fsp3) is 0.556. The topological polar surface area (TPSA) is 108 Å². The van der Waals surface area contributed by atoms with Gasteiger partial charge in [-0.05, 0) is 71.5 Å². The highest BCUT2D eigenvalue weighted by molar-refractivity contribution is 6.07. The monoisotopic (exact) mass is 590 g/mol. The van der Waals surface area contributed by atoms with E-state index in [0.29, 0.717) is 23.6 Å². The predicted molar refractivity (Wildman–Crippen MR) is 173 cm³/mol. The lowest BCUT2D eigenvalue weighted by Crippen LogP contribution is -2.20. The predicted octanol–water partition coefficient (Wildman–Crippen LogP) is 8.73. The van der Waals surface area contributed by atoms with Crippen LogP contribution in [0.15, 0.2) is 56.7 Å². The number of rotatable bonds is 18. The molecule has 0 atom stereocenters. The lowest BCUT2D eigenvalue weighted by atomic mass is 9.90. The summed E-state index contributed by atoms with van der Waals surface area (Å²) in [5.74, 6) is -2.23. The molecule has 7 nitrogen and oxygen atoms in total. The summed E-state index contributed by atoms with van der Waals surface area (Å²) < 4.78 is 16.0. The van der Waals surface area contributed by atoms with Gasteiger partial charge in [0.25, 0.3) is 0 Å². The van der Waals surface area contributed by atoms with Crippen LogP contribution in [0.5, 0.6) is 0 Å². The highest BCUT2D eigenvalue weighted by Gasteiger charge is 2.20. The molecule has 0 radical (unpaired) electrons. The van der Waals surface area contributed by atoms with Gasteiger partial charge in [0.1, 0.15) is 0 Å². The Kier molecular flexibility index (Phi) is 12.4. The molecular weight excluding hydrogens is 544 g/mol. The van der Waals surface area contributed by atoms with E-state index < -0.39 is 22.5 Å². The van der Waals surface area contributed by atoms with Crippen molar-refractivity contribution in [1.29, 1.82) is 0 Å². The molecule has 0 fully saturated rings. The first-order valence-corrected chi connectivity index (χ1v) is 16.5. The van der Waals surface area contributed by atoms with E-state index in [1.807, 2.05) is 12.1 Å². The maximum atomic E-state index is 12.4. The quantitative estimate of drug-likeness (QED) is 0.0647. The Labute approximate surface area is 252 Å². The molecule has 0 saturated carbocycles. The van der Waals surface area contributed by atoms with Crippen LogP contribution in [0.4, 0.5) is 0 Å². The smallest absolute Gasteiger partial charge is 0.390 e. The van der Waals surface area contributed by atoms with E-state index >= 15 is 0 Å². The highest BCUT2D eigenvalue weighted by atomic mass is 16.6. The SMILES string of the molecule is CCCCCCCCCCc1c2cc3cc(=O)c(=O)cc3cc2c(CCCCCCCCCC)c2oc(=O)oc(=O)oc12. The Morgan fingerprint density at radius 1 is 0.442 bits per heavy atom. The van der Waals surface area contributed by atoms with Crippen molar-refractivity contribution in [2.24, 2.45) is 0 Å². The molecule has 3 aromatic carbocycles. The molecule has 1 heterocycles. The molecule has 232 valence electrons. The molecule has 0 spiro atoms. The van der Waals surface area contributed by atoms with Crippen LogP contribution in [-0.2, 0) is 12.8 Å². The van der Waals surface area contributed by atoms with Crippen LogP contribution < -0.4 is 22.5 Å². The largest absolute Gasteiger partial charge is 0.524 e. The molecule has 0 saturated heterocycles. The van der Waals surface area contributed by atoms with Crippen LogP contribution in [0.3, 0.4) is 0 Å². The number of hydrogen-bond donors (Lipinski definition) is 0. The summed E-state index contributed by atoms with van der Waals surface area (Å²) in [6, 6.07) is 6.56. The molecule has 7 heteroatoms. The average molecular weight is 591 g/mol. The molecule has 0 aliphatic carbocycles. The second kappa shape index (κ2) is 16.4. The van der Waals surface area contributed by atoms with E-state index in [9.17, 15) is 19.2 Å². The number of aryl methyl sites for hydroxylation is 2. The number of hydrogen-bond acceptors (Lipinski definition) is 7. The fourth-order valence-electron chi connectivity index (χ4n) is 6.19. The van der Waals surface area contributed by atoms with Crippen molar-refractivity contribution < 1.29 is 13.3 Å². The molecule has 4 rings (SSSR count). The van der Waals surface area contributed by atoms with Crippen LogP contribution >= 0.6 is 0 Å². The first kappa shape index (κ1) is 32.4. The van der Waals surface area contributed by atoms with Gasteiger partial charge in [0.2, 0.25) is 10.9 Å². The molecular formula is C36H46O7. The van der Waals surface area contributed by atoms with Crippen molar-refractivity contribution in [3.05, 3.63) is 77.1 Å². The Hall–Kier alpha value is -3.48. The van der Waals surface area contributed by atoms with Gasteiger partial charge in [-0.25, -0.2) is 9.59 Å². The first-order valence-electron chi connectivity index (χ1n) is 16.5. The lowest BCUT2D eigenvalue weighted by molar-refractivity contribution is 0.281. The van der Waals surface area contributed by atoms with Crippen LogP contribution in [0, 0.1) is 0 Å². The second-order valence-electron chi connectivity index (χ2n) is 11.9. The third kappa shape index (κ3) is 8.77. The summed E-state index contributed by atoms with van der Waals surface area (Å²) in [4.78, 5) is 49.4. The molecule has 0 unspecified atom stereocenters. The van der Waals surface area contributed by atoms with Crippen molar-refractivity contribution in [3.63, 3.8) is 0 Å². The molecule has 4 aromatic rings. The van der Waals surface area contributed by atoms with Crippen molar-refractivity contribution in [2.45, 2.75) is 129 Å². The summed E-state index contributed by atoms with van der Waals surface area (Å²) in [7, 11) is 0. The molecule has 1 aromatic heterocycles. The first-order chi connectivity index (χ1) is 20.9. The Morgan fingerprint density at radius 3 is 1.16 bits per heavy atom. The molecule has 0 aliphatic rings. The molecule has 0 bridgehead atoms. The van der Waals surface area contributed by atoms with E-state index in [1.54, 1.807) is 0 Å². The second-order valence-corrected chi connectivity index (χ2v) is 11.9. The number of fused-ring (bicyclic) bond motifs is 3. The average Bonchev–Trinajstić information content (AvgIpc) is 3.13. The van der Waals surface area contributed by atoms with Gasteiger partial charge in [-0.3, -0.25) is 9.59 Å². The summed E-state index contributed by atoms with van der Waals surface area (Å²) in [6.07, 6.45) is 19.5. The van der Waals surface area contributed by atoms with Crippen molar-refractivity contribution in [3.8, 4) is 0 Å². The summed E-state index contributed by atoms with van der Waals surface area (Å²) in [6.45, 7) is 4.42. The van der Waals surface area contributed by atoms with E-state index in [0.717, 1.165) is 60.4 Å². The van der Waals surface area contributed by atoms with Gasteiger partial charge in [0.15, 0.2) is 11.2 Å². The van der Waals surface area contributed by atoms with E-state index in [1.165, 1.54) is 76.3 Å². The maximum Gasteiger partial charge on any atom is 0.524 e. The third-order valence-electron chi connectivity index (χ3n) is 8.54. The van der Waals surface area contributed by atoms with Crippen LogP contribution in [0.2, 0.25) is 0 Å². The van der Waals surface area contributed by atoms with Gasteiger partial charge in [-0.1, -0.05) is 104 Å². The minimum atomic E-state index is -1.11. The normalized spacial score (nSPS) is 11.7. The minimum Gasteiger partial charge on any atom is -0.390 e. The van der Waals surface area contributed by atoms with Gasteiger partial charge >= 0.3 is 11.6 Å². The Bertz CT molecular complexity index is 1620. The molecule has 43 heavy (non-hydrogen) atoms. The number of unbranched alkanes of at least 4 members (excludes halogenated alkanes) is 14. The van der Waals surface area contributed by atoms with E-state index in [-0.39, 0.29) is 11.2 Å². The lowest BCUT2D eigenvalue weighted by Gasteiger charge is -2.14. The van der Waals surface area contributed by atoms with Crippen molar-refractivity contribution in [1.82, 2.24) is 0 Å². The van der Waals surface area contributed by atoms with Gasteiger partial charge < -0.3 is 13.3 Å². The number of benzene rings is 3. The van der Waals surface area contributed by atoms with Crippen molar-refractivity contribution in [2.75, 3.05) is 0 Å². The van der Waals surface area contributed by atoms with Gasteiger partial charge in [-0.15, -0.1) is 0 Å². The Balaban J connectivity index is 1.75.